The van der Waals surface area contributed by atoms with Gasteiger partial charge in [0.2, 0.25) is 20.0 Å². The number of likely N-dealkylation sites (N-methyl/N-ethyl adjacent to an activating group) is 1. The van der Waals surface area contributed by atoms with Gasteiger partial charge < -0.3 is 60.8 Å². The highest BCUT2D eigenvalue weighted by Crippen LogP contribution is 2.52. The Morgan fingerprint density at radius 1 is 0.528 bits per heavy atom. The van der Waals surface area contributed by atoms with Crippen molar-refractivity contribution in [2.24, 2.45) is 0 Å². The van der Waals surface area contributed by atoms with Crippen LogP contribution in [0.5, 0.6) is 11.5 Å². The van der Waals surface area contributed by atoms with Crippen molar-refractivity contribution in [1.29, 1.82) is 0 Å². The van der Waals surface area contributed by atoms with Gasteiger partial charge in [0.1, 0.15) is 28.1 Å². The van der Waals surface area contributed by atoms with Crippen molar-refractivity contribution in [3.63, 3.8) is 0 Å². The molecule has 0 unspecified atom stereocenters. The zero-order valence-electron chi connectivity index (χ0n) is 85.0. The first-order valence-electron chi connectivity index (χ1n) is 51.6. The number of fused-ring (bicyclic) bond motifs is 11. The largest absolute Gasteiger partial charge is 0.673 e. The number of allylic oxidation sites excluding steroid dienone is 2. The quantitative estimate of drug-likeness (QED) is 0.0192. The molecule has 5 aliphatic heterocycles. The van der Waals surface area contributed by atoms with Crippen LogP contribution in [0, 0.1) is 0 Å². The van der Waals surface area contributed by atoms with Crippen LogP contribution < -0.4 is 29.1 Å². The number of sulfonamides is 2. The number of carboxylic acid groups (broad SMARTS) is 1. The number of carboxylic acids is 1. The summed E-state index contributed by atoms with van der Waals surface area (Å²) >= 11 is 0. The van der Waals surface area contributed by atoms with E-state index in [9.17, 15) is 58.4 Å². The Bertz CT molecular complexity index is 6580. The first-order valence-corrected chi connectivity index (χ1v) is 54.7. The van der Waals surface area contributed by atoms with Crippen molar-refractivity contribution in [2.45, 2.75) is 241 Å². The standard InChI is InChI=1S/C45H56N6O5S.C36H40N4O6S.C11H16N5O.C9H18N2.C5H11NO.BF4/c1-29(2)57(54,55)47-44(52)31-16-18-38-40(26-31)50-28-33(24-32-25-36(56-3)17-19-37(32)43(50)41(38)30-10-5-4-6-11-30)42-39(27-46-51(42)35-14-9-15-35)45(53)49-22-20-48(21-23-49)34-12-7-8-13-34;1-21(2)47(44,45)38-35(41)23-12-14-29-31(18-23)39-20-25(33-30(36(42)43)19-37-40(33)26-10-7-11-26)16-24-17-27(46-3)13-15-28(24)34(39)32(29)22-8-5-4-6-9-22;1-14(2)11(15(3)4)17-16-10-8-6-5-7-9(10)12-13-16;1-2-4-9(3-1)11-7-5-10-6-8-11;1-6-2-4-7-5-3-6;2-1(3,4)5/h16-19,24-27,29-30,34-35H,4-15,20-23,28H2,1-3H3,(H,47,52);12-19,21-22,26H,4-11,20H2,1-3H3,(H,38,41)(H,42,43);5-8H,1-4H3;9-10H,1-8H2;2-5H2,1H3;/q;;+1;;;-1. The van der Waals surface area contributed by atoms with Gasteiger partial charge in [-0.3, -0.25) is 38.4 Å². The molecule has 10 aromatic rings. The van der Waals surface area contributed by atoms with Crippen LogP contribution in [-0.4, -0.2) is 283 Å². The van der Waals surface area contributed by atoms with E-state index in [2.05, 4.69) is 96.1 Å². The van der Waals surface area contributed by atoms with Crippen molar-refractivity contribution in [3.8, 4) is 34.0 Å². The summed E-state index contributed by atoms with van der Waals surface area (Å²) < 4.78 is 121. The number of benzene rings is 5. The van der Waals surface area contributed by atoms with E-state index in [0.717, 1.165) is 224 Å². The molecule has 3 saturated heterocycles. The van der Waals surface area contributed by atoms with E-state index in [1.165, 1.54) is 126 Å². The summed E-state index contributed by atoms with van der Waals surface area (Å²) in [7, 11) is -0.589. The Kier molecular flexibility index (Phi) is 34.2. The number of amidine groups is 1. The predicted molar refractivity (Wildman–Crippen MR) is 555 cm³/mol. The van der Waals surface area contributed by atoms with E-state index in [1.54, 1.807) is 52.5 Å². The second-order valence-electron chi connectivity index (χ2n) is 40.8. The Hall–Kier alpha value is -11.3. The van der Waals surface area contributed by atoms with E-state index >= 15 is 0 Å². The lowest BCUT2D eigenvalue weighted by Gasteiger charge is -2.38. The highest BCUT2D eigenvalue weighted by Gasteiger charge is 2.40. The number of carbonyl (C=O) groups excluding carboxylic acids is 3. The molecule has 144 heavy (non-hydrogen) atoms. The van der Waals surface area contributed by atoms with Gasteiger partial charge in [-0.2, -0.15) is 10.2 Å². The van der Waals surface area contributed by atoms with Crippen LogP contribution >= 0.6 is 0 Å². The first-order chi connectivity index (χ1) is 69.1. The maximum atomic E-state index is 14.7. The van der Waals surface area contributed by atoms with Gasteiger partial charge in [-0.25, -0.2) is 40.5 Å². The molecule has 776 valence electrons. The average molecular weight is 2030 g/mol. The molecule has 6 saturated carbocycles. The number of aromatic nitrogens is 9. The third-order valence-corrected chi connectivity index (χ3v) is 33.7. The fourth-order valence-corrected chi connectivity index (χ4v) is 23.2. The SMILES string of the molecule is C1CCC(N2CCNCC2)C1.CN(C)C(On1nnc2ccccc21)=[N+](C)C.CN1CCOCC1.COc1ccc2c(c1)C=C(c1c(C(=O)N3CCN(C4CCCC4)CC3)cnn1C1CCC1)Cn1c-2c(C2CCCCC2)c2ccc(C(=O)NS(=O)(=O)C(C)C)cc21.COc1ccc2c(c1)C=C(c1c(C(=O)O)cnn1C1CCC1)Cn1c-2c(C2CCCCC2)c2ccc(C(=O)NS(=O)(=O)C(C)C)cc21.F[B-](F)(F)F. The molecular weight excluding hydrogens is 1880 g/mol. The molecule has 21 rings (SSSR count). The maximum Gasteiger partial charge on any atom is 0.673 e. The minimum absolute atomic E-state index is 0.0310. The third kappa shape index (κ3) is 24.3. The maximum absolute atomic E-state index is 14.7. The van der Waals surface area contributed by atoms with E-state index < -0.39 is 55.6 Å². The predicted octanol–water partition coefficient (Wildman–Crippen LogP) is 17.1. The molecule has 3 amide bonds. The third-order valence-electron chi connectivity index (χ3n) is 30.2. The number of rotatable bonds is 19. The van der Waals surface area contributed by atoms with Crippen LogP contribution in [0.3, 0.4) is 0 Å². The molecule has 6 aliphatic carbocycles. The van der Waals surface area contributed by atoms with E-state index in [4.69, 9.17) is 24.1 Å². The number of hydrogen-bond acceptors (Lipinski definition) is 20. The number of methoxy groups -OCH3 is 2. The van der Waals surface area contributed by atoms with E-state index in [0.29, 0.717) is 72.6 Å². The number of halogens is 4. The Labute approximate surface area is 842 Å². The topological polar surface area (TPSA) is 325 Å². The molecule has 5 aromatic carbocycles. The summed E-state index contributed by atoms with van der Waals surface area (Å²) in [5.74, 6) is -0.247. The zero-order chi connectivity index (χ0) is 102. The molecule has 0 bridgehead atoms. The highest BCUT2D eigenvalue weighted by atomic mass is 32.2. The van der Waals surface area contributed by atoms with E-state index in [-0.39, 0.29) is 29.1 Å². The number of morpholine rings is 1. The van der Waals surface area contributed by atoms with Gasteiger partial charge in [0.25, 0.3) is 17.7 Å². The molecule has 4 N–H and O–H groups in total. The summed E-state index contributed by atoms with van der Waals surface area (Å²) in [4.78, 5) is 72.8. The van der Waals surface area contributed by atoms with Crippen LogP contribution in [0.25, 0.3) is 78.7 Å². The Morgan fingerprint density at radius 2 is 0.958 bits per heavy atom. The van der Waals surface area contributed by atoms with Crippen LogP contribution in [0.15, 0.2) is 109 Å². The average Bonchev–Trinajstić information content (AvgIpc) is 1.57. The van der Waals surface area contributed by atoms with Crippen LogP contribution in [0.4, 0.5) is 17.3 Å². The molecule has 38 heteroatoms. The molecule has 0 atom stereocenters. The second kappa shape index (κ2) is 46.6. The number of nitrogens with one attached hydrogen (secondary N) is 3. The number of ether oxygens (including phenoxy) is 3. The molecule has 9 fully saturated rings. The van der Waals surface area contributed by atoms with Crippen molar-refractivity contribution in [3.05, 3.63) is 165 Å². The first kappa shape index (κ1) is 106. The van der Waals surface area contributed by atoms with Gasteiger partial charge in [0.15, 0.2) is 0 Å². The summed E-state index contributed by atoms with van der Waals surface area (Å²) in [6, 6.07) is 33.6. The van der Waals surface area contributed by atoms with E-state index in [1.807, 2.05) is 108 Å². The van der Waals surface area contributed by atoms with Gasteiger partial charge in [-0.05, 0) is 260 Å². The Balaban J connectivity index is 0.000000150. The summed E-state index contributed by atoms with van der Waals surface area (Å²) in [6.45, 7) is 19.2. The van der Waals surface area contributed by atoms with Gasteiger partial charge in [-0.15, -0.1) is 5.10 Å². The monoisotopic (exact) mass is 2030 g/mol. The highest BCUT2D eigenvalue weighted by molar-refractivity contribution is 7.90. The van der Waals surface area contributed by atoms with Crippen molar-refractivity contribution >= 4 is 113 Å². The molecule has 5 aromatic heterocycles. The number of amides is 3. The zero-order valence-corrected chi connectivity index (χ0v) is 86.6. The number of nitrogens with zero attached hydrogens (tertiary/aromatic N) is 15. The van der Waals surface area contributed by atoms with Crippen molar-refractivity contribution in [1.82, 2.24) is 83.1 Å². The van der Waals surface area contributed by atoms with Crippen LogP contribution in [-0.2, 0) is 37.9 Å². The summed E-state index contributed by atoms with van der Waals surface area (Å²) in [5, 5.41) is 31.9. The van der Waals surface area contributed by atoms with Crippen molar-refractivity contribution in [2.75, 3.05) is 128 Å². The second-order valence-corrected chi connectivity index (χ2v) is 45.3. The van der Waals surface area contributed by atoms with Crippen molar-refractivity contribution < 1.29 is 82.0 Å². The molecular formula is C106H141BF4N18O13S2. The normalized spacial score (nSPS) is 18.6. The lowest BCUT2D eigenvalue weighted by Crippen LogP contribution is -2.51. The molecule has 0 spiro atoms. The lowest BCUT2D eigenvalue weighted by molar-refractivity contribution is -0.480. The summed E-state index contributed by atoms with van der Waals surface area (Å²) in [5.41, 5.74) is 16.5. The van der Waals surface area contributed by atoms with Crippen LogP contribution in [0.1, 0.15) is 281 Å². The van der Waals surface area contributed by atoms with Gasteiger partial charge in [0, 0.05) is 122 Å². The minimum Gasteiger partial charge on any atom is -0.497 e. The minimum atomic E-state index is -6.00. The number of hydrogen-bond donors (Lipinski definition) is 4. The molecule has 10 heterocycles. The van der Waals surface area contributed by atoms with Crippen LogP contribution in [0.2, 0.25) is 0 Å². The lowest BCUT2D eigenvalue weighted by atomic mass is 9.81. The Morgan fingerprint density at radius 3 is 1.37 bits per heavy atom. The van der Waals surface area contributed by atoms with Gasteiger partial charge in [-0.1, -0.05) is 93.3 Å². The smallest absolute Gasteiger partial charge is 0.497 e. The fourth-order valence-electron chi connectivity index (χ4n) is 22.0. The van der Waals surface area contributed by atoms with Gasteiger partial charge in [0.05, 0.1) is 132 Å². The number of aromatic carboxylic acids is 1. The van der Waals surface area contributed by atoms with Gasteiger partial charge >= 0.3 is 19.2 Å². The molecule has 31 nitrogen and oxygen atoms in total. The summed E-state index contributed by atoms with van der Waals surface area (Å²) in [6.07, 6.45) is 35.9. The molecule has 0 radical (unpaired) electrons. The molecule has 11 aliphatic rings. The number of para-hydroxylation sites is 1. The fraction of sp³-hybridized carbons (Fsp3) is 0.538. The number of carbonyl (C=O) groups is 4. The number of piperazine rings is 2.